The number of carbonyl (C=O) groups is 1. The lowest BCUT2D eigenvalue weighted by Crippen LogP contribution is -2.30. The first-order valence-corrected chi connectivity index (χ1v) is 7.88. The zero-order valence-corrected chi connectivity index (χ0v) is 9.80. The fourth-order valence-corrected chi connectivity index (χ4v) is 1.84. The predicted octanol–water partition coefficient (Wildman–Crippen LogP) is 2.99. The standard InChI is InChI=1S/C10H12F2O2Si/c1-15(2,3)14-10-8(11)5-4-7(6-13)9(10)12/h4-6H,1-3H3. The van der Waals surface area contributed by atoms with E-state index in [0.717, 1.165) is 12.1 Å². The van der Waals surface area contributed by atoms with Gasteiger partial charge in [0.25, 0.3) is 0 Å². The van der Waals surface area contributed by atoms with Gasteiger partial charge in [-0.05, 0) is 31.8 Å². The van der Waals surface area contributed by atoms with E-state index in [1.807, 2.05) is 0 Å². The molecule has 0 heterocycles. The molecule has 0 N–H and O–H groups in total. The van der Waals surface area contributed by atoms with Crippen molar-refractivity contribution < 1.29 is 18.0 Å². The maximum Gasteiger partial charge on any atom is 0.242 e. The zero-order valence-electron chi connectivity index (χ0n) is 8.80. The van der Waals surface area contributed by atoms with Gasteiger partial charge in [0, 0.05) is 0 Å². The average molecular weight is 230 g/mol. The molecule has 1 aromatic carbocycles. The van der Waals surface area contributed by atoms with Crippen LogP contribution in [0.4, 0.5) is 8.78 Å². The highest BCUT2D eigenvalue weighted by Gasteiger charge is 2.22. The number of halogens is 2. The van der Waals surface area contributed by atoms with Gasteiger partial charge in [0.1, 0.15) is 0 Å². The van der Waals surface area contributed by atoms with E-state index in [2.05, 4.69) is 0 Å². The molecule has 82 valence electrons. The highest BCUT2D eigenvalue weighted by molar-refractivity contribution is 6.70. The molecule has 0 unspecified atom stereocenters. The van der Waals surface area contributed by atoms with E-state index in [1.165, 1.54) is 0 Å². The van der Waals surface area contributed by atoms with Gasteiger partial charge < -0.3 is 4.43 Å². The summed E-state index contributed by atoms with van der Waals surface area (Å²) in [6.45, 7) is 5.42. The lowest BCUT2D eigenvalue weighted by atomic mass is 10.2. The SMILES string of the molecule is C[Si](C)(C)Oc1c(F)ccc(C=O)c1F. The van der Waals surface area contributed by atoms with Crippen molar-refractivity contribution in [3.63, 3.8) is 0 Å². The maximum atomic E-state index is 13.5. The molecule has 15 heavy (non-hydrogen) atoms. The molecular weight excluding hydrogens is 218 g/mol. The molecule has 0 aromatic heterocycles. The number of hydrogen-bond donors (Lipinski definition) is 0. The molecule has 0 saturated carbocycles. The van der Waals surface area contributed by atoms with Crippen LogP contribution in [0.25, 0.3) is 0 Å². The molecule has 1 aromatic rings. The second-order valence-corrected chi connectivity index (χ2v) is 8.54. The van der Waals surface area contributed by atoms with Crippen LogP contribution in [0, 0.1) is 11.6 Å². The zero-order chi connectivity index (χ0) is 11.6. The van der Waals surface area contributed by atoms with Crippen molar-refractivity contribution in [2.45, 2.75) is 19.6 Å². The molecule has 0 saturated heterocycles. The number of benzene rings is 1. The van der Waals surface area contributed by atoms with E-state index in [4.69, 9.17) is 4.43 Å². The number of rotatable bonds is 3. The Morgan fingerprint density at radius 1 is 1.27 bits per heavy atom. The summed E-state index contributed by atoms with van der Waals surface area (Å²) in [4.78, 5) is 10.4. The largest absolute Gasteiger partial charge is 0.540 e. The molecule has 5 heteroatoms. The van der Waals surface area contributed by atoms with E-state index < -0.39 is 25.7 Å². The van der Waals surface area contributed by atoms with Crippen LogP contribution < -0.4 is 4.43 Å². The van der Waals surface area contributed by atoms with E-state index in [0.29, 0.717) is 6.29 Å². The van der Waals surface area contributed by atoms with E-state index in [9.17, 15) is 13.6 Å². The first-order chi connectivity index (χ1) is 6.85. The topological polar surface area (TPSA) is 26.3 Å². The summed E-state index contributed by atoms with van der Waals surface area (Å²) in [5, 5.41) is 0. The molecule has 1 rings (SSSR count). The number of aldehydes is 1. The molecule has 0 atom stereocenters. The van der Waals surface area contributed by atoms with Gasteiger partial charge in [0.15, 0.2) is 23.7 Å². The van der Waals surface area contributed by atoms with Crippen LogP contribution in [0.1, 0.15) is 10.4 Å². The Morgan fingerprint density at radius 3 is 2.33 bits per heavy atom. The van der Waals surface area contributed by atoms with Crippen LogP contribution in [0.2, 0.25) is 19.6 Å². The Labute approximate surface area is 88.0 Å². The first-order valence-electron chi connectivity index (χ1n) is 4.47. The Hall–Kier alpha value is -1.23. The maximum absolute atomic E-state index is 13.5. The van der Waals surface area contributed by atoms with Crippen molar-refractivity contribution in [2.24, 2.45) is 0 Å². The fourth-order valence-electron chi connectivity index (χ4n) is 1.04. The van der Waals surface area contributed by atoms with Crippen molar-refractivity contribution in [1.82, 2.24) is 0 Å². The molecule has 0 aliphatic carbocycles. The predicted molar refractivity (Wildman–Crippen MR) is 55.7 cm³/mol. The molecule has 0 amide bonds. The van der Waals surface area contributed by atoms with E-state index in [-0.39, 0.29) is 5.56 Å². The molecule has 0 aliphatic heterocycles. The highest BCUT2D eigenvalue weighted by atomic mass is 28.4. The Bertz CT molecular complexity index is 386. The van der Waals surface area contributed by atoms with Crippen molar-refractivity contribution in [3.8, 4) is 5.75 Å². The monoisotopic (exact) mass is 230 g/mol. The molecule has 2 nitrogen and oxygen atoms in total. The normalized spacial score (nSPS) is 11.3. The summed E-state index contributed by atoms with van der Waals surface area (Å²) in [5.41, 5.74) is -0.190. The average Bonchev–Trinajstić information content (AvgIpc) is 2.11. The third-order valence-corrected chi connectivity index (χ3v) is 2.43. The highest BCUT2D eigenvalue weighted by Crippen LogP contribution is 2.26. The van der Waals surface area contributed by atoms with Gasteiger partial charge >= 0.3 is 0 Å². The van der Waals surface area contributed by atoms with Crippen LogP contribution in [-0.2, 0) is 0 Å². The third-order valence-electron chi connectivity index (χ3n) is 1.61. The summed E-state index contributed by atoms with van der Waals surface area (Å²) < 4.78 is 32.0. The lowest BCUT2D eigenvalue weighted by Gasteiger charge is -2.20. The van der Waals surface area contributed by atoms with Crippen LogP contribution >= 0.6 is 0 Å². The van der Waals surface area contributed by atoms with Gasteiger partial charge in [-0.25, -0.2) is 8.78 Å². The molecule has 0 radical (unpaired) electrons. The van der Waals surface area contributed by atoms with E-state index >= 15 is 0 Å². The Morgan fingerprint density at radius 2 is 1.87 bits per heavy atom. The van der Waals surface area contributed by atoms with Gasteiger partial charge in [-0.3, -0.25) is 4.79 Å². The number of carbonyl (C=O) groups excluding carboxylic acids is 1. The van der Waals surface area contributed by atoms with Gasteiger partial charge in [0.2, 0.25) is 8.32 Å². The van der Waals surface area contributed by atoms with Crippen LogP contribution in [0.5, 0.6) is 5.75 Å². The van der Waals surface area contributed by atoms with Crippen LogP contribution in [0.15, 0.2) is 12.1 Å². The minimum atomic E-state index is -2.09. The van der Waals surface area contributed by atoms with Gasteiger partial charge in [-0.2, -0.15) is 0 Å². The first kappa shape index (κ1) is 11.8. The Kier molecular flexibility index (Phi) is 3.24. The summed E-state index contributed by atoms with van der Waals surface area (Å²) in [6, 6.07) is 2.12. The molecule has 0 aliphatic rings. The van der Waals surface area contributed by atoms with Gasteiger partial charge in [0.05, 0.1) is 5.56 Å². The van der Waals surface area contributed by atoms with E-state index in [1.54, 1.807) is 19.6 Å². The second-order valence-electron chi connectivity index (χ2n) is 4.11. The fraction of sp³-hybridized carbons (Fsp3) is 0.300. The minimum absolute atomic E-state index is 0.190. The van der Waals surface area contributed by atoms with Crippen molar-refractivity contribution >= 4 is 14.6 Å². The van der Waals surface area contributed by atoms with Crippen molar-refractivity contribution in [2.75, 3.05) is 0 Å². The minimum Gasteiger partial charge on any atom is -0.540 e. The smallest absolute Gasteiger partial charge is 0.242 e. The van der Waals surface area contributed by atoms with Crippen molar-refractivity contribution in [1.29, 1.82) is 0 Å². The van der Waals surface area contributed by atoms with Gasteiger partial charge in [-0.1, -0.05) is 0 Å². The third kappa shape index (κ3) is 2.86. The summed E-state index contributed by atoms with van der Waals surface area (Å²) in [6.07, 6.45) is 0.339. The summed E-state index contributed by atoms with van der Waals surface area (Å²) in [7, 11) is -2.09. The molecule has 0 spiro atoms. The second kappa shape index (κ2) is 4.10. The number of hydrogen-bond acceptors (Lipinski definition) is 2. The van der Waals surface area contributed by atoms with Crippen LogP contribution in [0.3, 0.4) is 0 Å². The molecular formula is C10H12F2O2Si. The molecule has 0 bridgehead atoms. The van der Waals surface area contributed by atoms with Crippen LogP contribution in [-0.4, -0.2) is 14.6 Å². The summed E-state index contributed by atoms with van der Waals surface area (Å²) >= 11 is 0. The Balaban J connectivity index is 3.21. The lowest BCUT2D eigenvalue weighted by molar-refractivity contribution is 0.111. The summed E-state index contributed by atoms with van der Waals surface area (Å²) in [5.74, 6) is -2.15. The van der Waals surface area contributed by atoms with Crippen molar-refractivity contribution in [3.05, 3.63) is 29.3 Å². The quantitative estimate of drug-likeness (QED) is 0.589. The van der Waals surface area contributed by atoms with Gasteiger partial charge in [-0.15, -0.1) is 0 Å². The molecule has 0 fully saturated rings.